The minimum atomic E-state index is -3.17. The van der Waals surface area contributed by atoms with Gasteiger partial charge < -0.3 is 9.64 Å². The second-order valence-electron chi connectivity index (χ2n) is 7.92. The Kier molecular flexibility index (Phi) is 8.47. The van der Waals surface area contributed by atoms with Gasteiger partial charge in [0, 0.05) is 18.5 Å². The second kappa shape index (κ2) is 11.1. The van der Waals surface area contributed by atoms with Crippen LogP contribution in [0.15, 0.2) is 40.7 Å². The smallest absolute Gasteiger partial charge is 0.324 e. The molecule has 1 heterocycles. The van der Waals surface area contributed by atoms with Crippen LogP contribution in [0.2, 0.25) is 0 Å². The molecule has 0 aliphatic heterocycles. The molecule has 1 aromatic heterocycles. The van der Waals surface area contributed by atoms with Crippen molar-refractivity contribution in [3.63, 3.8) is 0 Å². The summed E-state index contributed by atoms with van der Waals surface area (Å²) in [6, 6.07) is 6.76. The Balaban J connectivity index is 1.71. The summed E-state index contributed by atoms with van der Waals surface area (Å²) in [6.45, 7) is 2.77. The second-order valence-corrected chi connectivity index (χ2v) is 10.2. The van der Waals surface area contributed by atoms with Crippen molar-refractivity contribution in [2.75, 3.05) is 17.8 Å². The van der Waals surface area contributed by atoms with E-state index < -0.39 is 18.5 Å². The third kappa shape index (κ3) is 6.90. The zero-order valence-corrected chi connectivity index (χ0v) is 19.7. The Bertz CT molecular complexity index is 903. The predicted octanol–water partition coefficient (Wildman–Crippen LogP) is 5.96. The van der Waals surface area contributed by atoms with Gasteiger partial charge in [0.05, 0.1) is 17.0 Å². The van der Waals surface area contributed by atoms with E-state index in [1.54, 1.807) is 24.4 Å². The summed E-state index contributed by atoms with van der Waals surface area (Å²) in [5.41, 5.74) is -0.111. The van der Waals surface area contributed by atoms with Gasteiger partial charge in [0.1, 0.15) is 5.94 Å². The number of carbonyl (C=O) groups is 2. The van der Waals surface area contributed by atoms with Crippen LogP contribution in [0, 0.1) is 5.92 Å². The molecule has 1 aromatic carbocycles. The molecule has 0 spiro atoms. The number of hydrogen-bond donors (Lipinski definition) is 1. The SMILES string of the molecule is CC(=O)OCSc1cnc(NC(=O)N(CC(F)(F)c2ccccc2)C2CCC(C)CC2)s1. The van der Waals surface area contributed by atoms with Crippen molar-refractivity contribution in [3.05, 3.63) is 42.1 Å². The molecule has 0 atom stereocenters. The molecule has 1 N–H and O–H groups in total. The van der Waals surface area contributed by atoms with Crippen molar-refractivity contribution in [2.24, 2.45) is 5.92 Å². The van der Waals surface area contributed by atoms with Gasteiger partial charge in [-0.2, -0.15) is 8.78 Å². The number of esters is 1. The largest absolute Gasteiger partial charge is 0.454 e. The fourth-order valence-electron chi connectivity index (χ4n) is 3.63. The number of nitrogens with one attached hydrogen (secondary N) is 1. The number of benzene rings is 1. The van der Waals surface area contributed by atoms with Gasteiger partial charge in [-0.1, -0.05) is 60.4 Å². The van der Waals surface area contributed by atoms with Gasteiger partial charge in [-0.25, -0.2) is 9.78 Å². The van der Waals surface area contributed by atoms with Crippen molar-refractivity contribution >= 4 is 40.2 Å². The Labute approximate surface area is 194 Å². The highest BCUT2D eigenvalue weighted by atomic mass is 32.2. The number of urea groups is 1. The zero-order valence-electron chi connectivity index (χ0n) is 18.1. The molecule has 2 amide bonds. The average molecular weight is 484 g/mol. The molecule has 1 fully saturated rings. The van der Waals surface area contributed by atoms with E-state index in [-0.39, 0.29) is 23.5 Å². The number of hydrogen-bond acceptors (Lipinski definition) is 6. The molecular weight excluding hydrogens is 456 g/mol. The number of thioether (sulfide) groups is 1. The summed E-state index contributed by atoms with van der Waals surface area (Å²) in [4.78, 5) is 29.4. The lowest BCUT2D eigenvalue weighted by Gasteiger charge is -2.37. The van der Waals surface area contributed by atoms with Crippen LogP contribution in [0.1, 0.15) is 45.1 Å². The molecule has 32 heavy (non-hydrogen) atoms. The van der Waals surface area contributed by atoms with Crippen molar-refractivity contribution in [1.29, 1.82) is 0 Å². The van der Waals surface area contributed by atoms with Crippen LogP contribution in [-0.4, -0.2) is 40.4 Å². The average Bonchev–Trinajstić information content (AvgIpc) is 3.20. The van der Waals surface area contributed by atoms with Gasteiger partial charge >= 0.3 is 12.0 Å². The molecular formula is C22H27F2N3O3S2. The van der Waals surface area contributed by atoms with E-state index in [9.17, 15) is 9.59 Å². The summed E-state index contributed by atoms with van der Waals surface area (Å²) in [5.74, 6) is -2.88. The van der Waals surface area contributed by atoms with Crippen LogP contribution in [0.5, 0.6) is 0 Å². The highest BCUT2D eigenvalue weighted by Crippen LogP contribution is 2.34. The highest BCUT2D eigenvalue weighted by molar-refractivity contribution is 8.01. The predicted molar refractivity (Wildman–Crippen MR) is 122 cm³/mol. The minimum absolute atomic E-state index is 0.111. The Morgan fingerprint density at radius 3 is 2.59 bits per heavy atom. The number of rotatable bonds is 8. The first kappa shape index (κ1) is 24.4. The summed E-state index contributed by atoms with van der Waals surface area (Å²) < 4.78 is 35.8. The lowest BCUT2D eigenvalue weighted by molar-refractivity contribution is -0.138. The van der Waals surface area contributed by atoms with E-state index in [1.807, 2.05) is 0 Å². The number of aromatic nitrogens is 1. The molecule has 1 aliphatic rings. The molecule has 2 aromatic rings. The van der Waals surface area contributed by atoms with Crippen molar-refractivity contribution in [2.45, 2.75) is 55.7 Å². The van der Waals surface area contributed by atoms with E-state index in [1.165, 1.54) is 47.1 Å². The van der Waals surface area contributed by atoms with Crippen LogP contribution < -0.4 is 5.32 Å². The van der Waals surface area contributed by atoms with Crippen LogP contribution in [-0.2, 0) is 15.5 Å². The monoisotopic (exact) mass is 483 g/mol. The fraction of sp³-hybridized carbons (Fsp3) is 0.500. The van der Waals surface area contributed by atoms with E-state index in [4.69, 9.17) is 4.74 Å². The first-order valence-electron chi connectivity index (χ1n) is 10.5. The molecule has 1 saturated carbocycles. The lowest BCUT2D eigenvalue weighted by atomic mass is 9.86. The summed E-state index contributed by atoms with van der Waals surface area (Å²) >= 11 is 2.47. The van der Waals surface area contributed by atoms with Crippen LogP contribution in [0.3, 0.4) is 0 Å². The van der Waals surface area contributed by atoms with Crippen LogP contribution in [0.4, 0.5) is 18.7 Å². The molecule has 3 rings (SSSR count). The zero-order chi connectivity index (χ0) is 23.1. The maximum Gasteiger partial charge on any atom is 0.324 e. The summed E-state index contributed by atoms with van der Waals surface area (Å²) in [5, 5.41) is 3.00. The highest BCUT2D eigenvalue weighted by Gasteiger charge is 2.39. The number of ether oxygens (including phenoxy) is 1. The summed E-state index contributed by atoms with van der Waals surface area (Å²) in [7, 11) is 0. The lowest BCUT2D eigenvalue weighted by Crippen LogP contribution is -2.49. The van der Waals surface area contributed by atoms with E-state index in [0.717, 1.165) is 17.1 Å². The molecule has 0 radical (unpaired) electrons. The van der Waals surface area contributed by atoms with Gasteiger partial charge in [-0.05, 0) is 31.6 Å². The number of thiazole rings is 1. The number of anilines is 1. The van der Waals surface area contributed by atoms with E-state index in [0.29, 0.717) is 23.9 Å². The molecule has 0 bridgehead atoms. The van der Waals surface area contributed by atoms with Gasteiger partial charge in [0.15, 0.2) is 5.13 Å². The fourth-order valence-corrected chi connectivity index (χ4v) is 5.25. The molecule has 0 unspecified atom stereocenters. The Morgan fingerprint density at radius 2 is 1.94 bits per heavy atom. The topological polar surface area (TPSA) is 71.5 Å². The first-order chi connectivity index (χ1) is 15.2. The molecule has 1 aliphatic carbocycles. The number of nitrogens with zero attached hydrogens (tertiary/aromatic N) is 2. The standard InChI is InChI=1S/C22H27F2N3O3S2/c1-15-8-10-18(11-9-15)27(13-22(23,24)17-6-4-3-5-7-17)21(29)26-20-25-12-19(32-20)31-14-30-16(2)28/h3-7,12,15,18H,8-11,13-14H2,1-2H3,(H,25,26,29). The van der Waals surface area contributed by atoms with E-state index in [2.05, 4.69) is 17.2 Å². The van der Waals surface area contributed by atoms with Crippen molar-refractivity contribution in [1.82, 2.24) is 9.88 Å². The maximum atomic E-state index is 15.1. The molecule has 6 nitrogen and oxygen atoms in total. The van der Waals surface area contributed by atoms with Crippen LogP contribution >= 0.6 is 23.1 Å². The quantitative estimate of drug-likeness (QED) is 0.285. The van der Waals surface area contributed by atoms with Crippen molar-refractivity contribution in [3.8, 4) is 0 Å². The van der Waals surface area contributed by atoms with Gasteiger partial charge in [0.2, 0.25) is 0 Å². The van der Waals surface area contributed by atoms with Gasteiger partial charge in [-0.3, -0.25) is 10.1 Å². The van der Waals surface area contributed by atoms with Gasteiger partial charge in [0.25, 0.3) is 5.92 Å². The summed E-state index contributed by atoms with van der Waals surface area (Å²) in [6.07, 6.45) is 4.75. The first-order valence-corrected chi connectivity index (χ1v) is 12.3. The van der Waals surface area contributed by atoms with Gasteiger partial charge in [-0.15, -0.1) is 0 Å². The maximum absolute atomic E-state index is 15.1. The number of amides is 2. The molecule has 0 saturated heterocycles. The van der Waals surface area contributed by atoms with E-state index >= 15 is 8.78 Å². The number of alkyl halides is 2. The Morgan fingerprint density at radius 1 is 1.25 bits per heavy atom. The van der Waals surface area contributed by atoms with Crippen LogP contribution in [0.25, 0.3) is 0 Å². The molecule has 10 heteroatoms. The van der Waals surface area contributed by atoms with Crippen molar-refractivity contribution < 1.29 is 23.1 Å². The minimum Gasteiger partial charge on any atom is -0.454 e. The third-order valence-electron chi connectivity index (χ3n) is 5.41. The normalized spacial score (nSPS) is 18.8. The number of halogens is 2. The Hall–Kier alpha value is -2.20. The molecule has 174 valence electrons. The third-order valence-corrected chi connectivity index (χ3v) is 7.35. The number of carbonyl (C=O) groups excluding carboxylic acids is 2.